The number of phenols is 1. The van der Waals surface area contributed by atoms with Gasteiger partial charge in [-0.3, -0.25) is 4.79 Å². The van der Waals surface area contributed by atoms with Crippen LogP contribution in [0.3, 0.4) is 0 Å². The van der Waals surface area contributed by atoms with E-state index in [2.05, 4.69) is 4.74 Å². The van der Waals surface area contributed by atoms with Crippen molar-refractivity contribution in [1.82, 2.24) is 0 Å². The number of carbonyl (C=O) groups is 1. The molecule has 1 aromatic rings. The van der Waals surface area contributed by atoms with Crippen LogP contribution in [0.1, 0.15) is 18.1 Å². The van der Waals surface area contributed by atoms with Crippen molar-refractivity contribution in [2.75, 3.05) is 6.61 Å². The minimum atomic E-state index is -3.18. The Hall–Kier alpha value is -2.36. The van der Waals surface area contributed by atoms with Gasteiger partial charge >= 0.3 is 12.6 Å². The zero-order valence-electron chi connectivity index (χ0n) is 10.0. The van der Waals surface area contributed by atoms with E-state index in [-0.39, 0.29) is 24.2 Å². The summed E-state index contributed by atoms with van der Waals surface area (Å²) >= 11 is 0. The van der Waals surface area contributed by atoms with E-state index in [4.69, 9.17) is 10.00 Å². The maximum atomic E-state index is 12.2. The summed E-state index contributed by atoms with van der Waals surface area (Å²) in [6.07, 6.45) is -0.267. The van der Waals surface area contributed by atoms with Gasteiger partial charge in [-0.1, -0.05) is 6.07 Å². The predicted octanol–water partition coefficient (Wildman–Crippen LogP) is 1.97. The molecule has 19 heavy (non-hydrogen) atoms. The van der Waals surface area contributed by atoms with E-state index < -0.39 is 24.1 Å². The molecule has 0 saturated heterocycles. The number of alkyl halides is 2. The van der Waals surface area contributed by atoms with Crippen LogP contribution in [0.15, 0.2) is 12.1 Å². The monoisotopic (exact) mass is 271 g/mol. The SMILES string of the molecule is CCOC(=O)Cc1ccc(O)c(OC(F)F)c1C#N. The van der Waals surface area contributed by atoms with Crippen LogP contribution in [0.5, 0.6) is 11.5 Å². The standard InChI is InChI=1S/C12H11F2NO4/c1-2-18-10(17)5-7-3-4-9(16)11(8(7)6-15)19-12(13)14/h3-4,12,16H,2,5H2,1H3. The van der Waals surface area contributed by atoms with Gasteiger partial charge in [-0.2, -0.15) is 14.0 Å². The number of esters is 1. The van der Waals surface area contributed by atoms with Gasteiger partial charge in [0.15, 0.2) is 11.5 Å². The summed E-state index contributed by atoms with van der Waals surface area (Å²) < 4.78 is 33.2. The summed E-state index contributed by atoms with van der Waals surface area (Å²) in [5.41, 5.74) is -0.164. The lowest BCUT2D eigenvalue weighted by atomic mass is 10.0. The lowest BCUT2D eigenvalue weighted by Crippen LogP contribution is -2.10. The van der Waals surface area contributed by atoms with Crippen LogP contribution in [0.4, 0.5) is 8.78 Å². The summed E-state index contributed by atoms with van der Waals surface area (Å²) in [5.74, 6) is -1.84. The van der Waals surface area contributed by atoms with Crippen molar-refractivity contribution < 1.29 is 28.2 Å². The molecule has 0 bridgehead atoms. The first-order chi connectivity index (χ1) is 8.99. The lowest BCUT2D eigenvalue weighted by Gasteiger charge is -2.11. The predicted molar refractivity (Wildman–Crippen MR) is 59.8 cm³/mol. The molecule has 0 spiro atoms. The highest BCUT2D eigenvalue weighted by molar-refractivity contribution is 5.74. The summed E-state index contributed by atoms with van der Waals surface area (Å²) in [5, 5.41) is 18.3. The van der Waals surface area contributed by atoms with Crippen molar-refractivity contribution in [2.45, 2.75) is 20.0 Å². The van der Waals surface area contributed by atoms with Crippen molar-refractivity contribution in [3.8, 4) is 17.6 Å². The molecule has 0 radical (unpaired) electrons. The molecule has 0 saturated carbocycles. The van der Waals surface area contributed by atoms with Gasteiger partial charge in [0.25, 0.3) is 0 Å². The number of hydrogen-bond acceptors (Lipinski definition) is 5. The van der Waals surface area contributed by atoms with Crippen LogP contribution in [-0.2, 0) is 16.0 Å². The van der Waals surface area contributed by atoms with Gasteiger partial charge < -0.3 is 14.6 Å². The number of hydrogen-bond donors (Lipinski definition) is 1. The van der Waals surface area contributed by atoms with Crippen molar-refractivity contribution in [2.24, 2.45) is 0 Å². The van der Waals surface area contributed by atoms with Crippen LogP contribution < -0.4 is 4.74 Å². The third-order valence-electron chi connectivity index (χ3n) is 2.18. The molecule has 1 N–H and O–H groups in total. The molecule has 102 valence electrons. The minimum Gasteiger partial charge on any atom is -0.504 e. The van der Waals surface area contributed by atoms with E-state index in [0.717, 1.165) is 6.07 Å². The number of phenolic OH excluding ortho intramolecular Hbond substituents is 1. The molecule has 0 aliphatic carbocycles. The Morgan fingerprint density at radius 3 is 2.74 bits per heavy atom. The largest absolute Gasteiger partial charge is 0.504 e. The number of benzene rings is 1. The summed E-state index contributed by atoms with van der Waals surface area (Å²) in [7, 11) is 0. The smallest absolute Gasteiger partial charge is 0.387 e. The number of rotatable bonds is 5. The molecular formula is C12H11F2NO4. The van der Waals surface area contributed by atoms with Gasteiger partial charge in [0.2, 0.25) is 0 Å². The quantitative estimate of drug-likeness (QED) is 0.828. The van der Waals surface area contributed by atoms with E-state index >= 15 is 0 Å². The minimum absolute atomic E-state index is 0.148. The third-order valence-corrected chi connectivity index (χ3v) is 2.18. The number of halogens is 2. The second-order valence-electron chi connectivity index (χ2n) is 3.42. The van der Waals surface area contributed by atoms with Gasteiger partial charge in [-0.05, 0) is 18.6 Å². The Balaban J connectivity index is 3.13. The molecule has 0 aromatic heterocycles. The molecule has 7 heteroatoms. The van der Waals surface area contributed by atoms with Crippen molar-refractivity contribution >= 4 is 5.97 Å². The summed E-state index contributed by atoms with van der Waals surface area (Å²) in [6.45, 7) is -1.40. The molecule has 0 unspecified atom stereocenters. The first-order valence-corrected chi connectivity index (χ1v) is 5.35. The first-order valence-electron chi connectivity index (χ1n) is 5.35. The van der Waals surface area contributed by atoms with Crippen LogP contribution in [0.2, 0.25) is 0 Å². The van der Waals surface area contributed by atoms with E-state index in [0.29, 0.717) is 0 Å². The molecule has 1 aromatic carbocycles. The Bertz CT molecular complexity index is 511. The fraction of sp³-hybridized carbons (Fsp3) is 0.333. The molecule has 0 atom stereocenters. The lowest BCUT2D eigenvalue weighted by molar-refractivity contribution is -0.142. The molecule has 5 nitrogen and oxygen atoms in total. The second kappa shape index (κ2) is 6.54. The Morgan fingerprint density at radius 2 is 2.21 bits per heavy atom. The normalized spacial score (nSPS) is 10.1. The molecule has 0 aliphatic heterocycles. The Labute approximate surface area is 108 Å². The second-order valence-corrected chi connectivity index (χ2v) is 3.42. The number of nitrogens with zero attached hydrogens (tertiary/aromatic N) is 1. The Morgan fingerprint density at radius 1 is 1.53 bits per heavy atom. The van der Waals surface area contributed by atoms with E-state index in [9.17, 15) is 18.7 Å². The molecule has 0 aliphatic rings. The van der Waals surface area contributed by atoms with Gasteiger partial charge in [0.05, 0.1) is 13.0 Å². The van der Waals surface area contributed by atoms with E-state index in [1.165, 1.54) is 6.07 Å². The van der Waals surface area contributed by atoms with Crippen LogP contribution in [-0.4, -0.2) is 24.3 Å². The van der Waals surface area contributed by atoms with Crippen LogP contribution >= 0.6 is 0 Å². The summed E-state index contributed by atoms with van der Waals surface area (Å²) in [4.78, 5) is 11.3. The highest BCUT2D eigenvalue weighted by atomic mass is 19.3. The van der Waals surface area contributed by atoms with Crippen LogP contribution in [0.25, 0.3) is 0 Å². The average molecular weight is 271 g/mol. The number of nitriles is 1. The zero-order valence-corrected chi connectivity index (χ0v) is 10.0. The van der Waals surface area contributed by atoms with Gasteiger partial charge in [0.1, 0.15) is 11.6 Å². The van der Waals surface area contributed by atoms with Crippen molar-refractivity contribution in [3.63, 3.8) is 0 Å². The fourth-order valence-electron chi connectivity index (χ4n) is 1.46. The van der Waals surface area contributed by atoms with Gasteiger partial charge in [0, 0.05) is 0 Å². The third kappa shape index (κ3) is 3.81. The maximum Gasteiger partial charge on any atom is 0.387 e. The maximum absolute atomic E-state index is 12.2. The highest BCUT2D eigenvalue weighted by Gasteiger charge is 2.19. The molecule has 0 amide bonds. The molecule has 0 fully saturated rings. The number of ether oxygens (including phenoxy) is 2. The fourth-order valence-corrected chi connectivity index (χ4v) is 1.46. The average Bonchev–Trinajstić information content (AvgIpc) is 2.33. The van der Waals surface area contributed by atoms with E-state index in [1.807, 2.05) is 0 Å². The summed E-state index contributed by atoms with van der Waals surface area (Å²) in [6, 6.07) is 3.99. The van der Waals surface area contributed by atoms with E-state index in [1.54, 1.807) is 13.0 Å². The van der Waals surface area contributed by atoms with Crippen molar-refractivity contribution in [3.05, 3.63) is 23.3 Å². The first kappa shape index (κ1) is 14.7. The molecule has 1 rings (SSSR count). The highest BCUT2D eigenvalue weighted by Crippen LogP contribution is 2.33. The molecule has 0 heterocycles. The molecular weight excluding hydrogens is 260 g/mol. The number of aromatic hydroxyl groups is 1. The van der Waals surface area contributed by atoms with Gasteiger partial charge in [-0.15, -0.1) is 0 Å². The Kier molecular flexibility index (Phi) is 5.06. The number of carbonyl (C=O) groups excluding carboxylic acids is 1. The van der Waals surface area contributed by atoms with Crippen LogP contribution in [0, 0.1) is 11.3 Å². The topological polar surface area (TPSA) is 79.6 Å². The van der Waals surface area contributed by atoms with Gasteiger partial charge in [-0.25, -0.2) is 0 Å². The van der Waals surface area contributed by atoms with Crippen molar-refractivity contribution in [1.29, 1.82) is 5.26 Å². The zero-order chi connectivity index (χ0) is 14.4.